The van der Waals surface area contributed by atoms with Crippen LogP contribution in [0, 0.1) is 6.92 Å². The molecule has 2 aromatic heterocycles. The van der Waals surface area contributed by atoms with Crippen LogP contribution in [0.3, 0.4) is 0 Å². The summed E-state index contributed by atoms with van der Waals surface area (Å²) >= 11 is 3.42. The molecule has 0 spiro atoms. The molecule has 24 heavy (non-hydrogen) atoms. The molecule has 0 aliphatic rings. The van der Waals surface area contributed by atoms with E-state index in [0.29, 0.717) is 12.1 Å². The lowest BCUT2D eigenvalue weighted by atomic mass is 10.2. The Morgan fingerprint density at radius 3 is 2.54 bits per heavy atom. The number of nitrogens with zero attached hydrogens (tertiary/aromatic N) is 2. The van der Waals surface area contributed by atoms with Crippen LogP contribution in [0.4, 0.5) is 0 Å². The van der Waals surface area contributed by atoms with Gasteiger partial charge in [-0.3, -0.25) is 9.78 Å². The van der Waals surface area contributed by atoms with Gasteiger partial charge in [0, 0.05) is 29.0 Å². The minimum absolute atomic E-state index is 0.0795. The van der Waals surface area contributed by atoms with Crippen molar-refractivity contribution in [3.05, 3.63) is 76.2 Å². The number of rotatable bonds is 4. The highest BCUT2D eigenvalue weighted by Gasteiger charge is 2.14. The highest BCUT2D eigenvalue weighted by Crippen LogP contribution is 2.24. The summed E-state index contributed by atoms with van der Waals surface area (Å²) in [4.78, 5) is 18.2. The molecule has 0 bridgehead atoms. The Hall–Kier alpha value is -2.40. The van der Waals surface area contributed by atoms with Crippen LogP contribution in [0.2, 0.25) is 0 Å². The fourth-order valence-electron chi connectivity index (χ4n) is 2.35. The molecule has 122 valence electrons. The fraction of sp³-hybridized carbons (Fsp3) is 0.158. The maximum Gasteiger partial charge on any atom is 0.255 e. The van der Waals surface area contributed by atoms with Gasteiger partial charge in [-0.2, -0.15) is 0 Å². The summed E-state index contributed by atoms with van der Waals surface area (Å²) in [6.07, 6.45) is 1.60. The van der Waals surface area contributed by atoms with Gasteiger partial charge in [-0.25, -0.2) is 0 Å². The van der Waals surface area contributed by atoms with Crippen molar-refractivity contribution in [3.63, 3.8) is 0 Å². The Labute approximate surface area is 149 Å². The van der Waals surface area contributed by atoms with E-state index < -0.39 is 0 Å². The molecule has 3 aromatic rings. The van der Waals surface area contributed by atoms with Crippen molar-refractivity contribution in [3.8, 4) is 11.3 Å². The molecule has 4 nitrogen and oxygen atoms in total. The van der Waals surface area contributed by atoms with Gasteiger partial charge in [-0.1, -0.05) is 28.1 Å². The van der Waals surface area contributed by atoms with Crippen molar-refractivity contribution in [2.45, 2.75) is 13.5 Å². The van der Waals surface area contributed by atoms with Crippen LogP contribution in [-0.2, 0) is 6.54 Å². The van der Waals surface area contributed by atoms with Gasteiger partial charge in [0.25, 0.3) is 5.91 Å². The standard InChI is InChI=1S/C19H17BrN2O2/c1-13-3-4-15(11-21-13)19(23)22(2)12-17-9-10-18(24-17)14-5-7-16(20)8-6-14/h3-11H,12H2,1-2H3. The molecule has 0 fully saturated rings. The Kier molecular flexibility index (Phi) is 4.81. The molecule has 0 saturated heterocycles. The molecule has 0 saturated carbocycles. The summed E-state index contributed by atoms with van der Waals surface area (Å²) in [5.41, 5.74) is 2.46. The first-order valence-electron chi connectivity index (χ1n) is 7.56. The van der Waals surface area contributed by atoms with Gasteiger partial charge in [0.15, 0.2) is 0 Å². The number of hydrogen-bond acceptors (Lipinski definition) is 3. The minimum atomic E-state index is -0.0795. The van der Waals surface area contributed by atoms with Gasteiger partial charge >= 0.3 is 0 Å². The molecule has 0 N–H and O–H groups in total. The molecule has 5 heteroatoms. The molecular formula is C19H17BrN2O2. The minimum Gasteiger partial charge on any atom is -0.459 e. The van der Waals surface area contributed by atoms with Crippen molar-refractivity contribution < 1.29 is 9.21 Å². The van der Waals surface area contributed by atoms with Gasteiger partial charge < -0.3 is 9.32 Å². The first-order valence-corrected chi connectivity index (χ1v) is 8.35. The molecule has 3 rings (SSSR count). The molecule has 0 aliphatic carbocycles. The molecule has 2 heterocycles. The predicted molar refractivity (Wildman–Crippen MR) is 96.6 cm³/mol. The number of hydrogen-bond donors (Lipinski definition) is 0. The summed E-state index contributed by atoms with van der Waals surface area (Å²) in [5, 5.41) is 0. The number of carbonyl (C=O) groups excluding carboxylic acids is 1. The third kappa shape index (κ3) is 3.74. The topological polar surface area (TPSA) is 46.3 Å². The monoisotopic (exact) mass is 384 g/mol. The Balaban J connectivity index is 1.70. The Morgan fingerprint density at radius 2 is 1.88 bits per heavy atom. The second kappa shape index (κ2) is 7.01. The summed E-state index contributed by atoms with van der Waals surface area (Å²) < 4.78 is 6.88. The number of benzene rings is 1. The number of aromatic nitrogens is 1. The lowest BCUT2D eigenvalue weighted by molar-refractivity contribution is 0.0775. The van der Waals surface area contributed by atoms with Gasteiger partial charge in [0.05, 0.1) is 12.1 Å². The van der Waals surface area contributed by atoms with E-state index in [-0.39, 0.29) is 5.91 Å². The fourth-order valence-corrected chi connectivity index (χ4v) is 2.62. The van der Waals surface area contributed by atoms with Gasteiger partial charge in [0.2, 0.25) is 0 Å². The summed E-state index contributed by atoms with van der Waals surface area (Å²) in [7, 11) is 1.75. The van der Waals surface area contributed by atoms with E-state index in [1.54, 1.807) is 24.2 Å². The highest BCUT2D eigenvalue weighted by atomic mass is 79.9. The average Bonchev–Trinajstić information content (AvgIpc) is 3.04. The van der Waals surface area contributed by atoms with E-state index in [1.807, 2.05) is 49.4 Å². The lowest BCUT2D eigenvalue weighted by Crippen LogP contribution is -2.26. The first-order chi connectivity index (χ1) is 11.5. The van der Waals surface area contributed by atoms with E-state index in [2.05, 4.69) is 20.9 Å². The second-order valence-corrected chi connectivity index (χ2v) is 6.54. The number of amides is 1. The summed E-state index contributed by atoms with van der Waals surface area (Å²) in [5.74, 6) is 1.45. The first kappa shape index (κ1) is 16.5. The SMILES string of the molecule is Cc1ccc(C(=O)N(C)Cc2ccc(-c3ccc(Br)cc3)o2)cn1. The normalized spacial score (nSPS) is 10.6. The van der Waals surface area contributed by atoms with Crippen molar-refractivity contribution in [2.24, 2.45) is 0 Å². The van der Waals surface area contributed by atoms with E-state index in [1.165, 1.54) is 0 Å². The molecular weight excluding hydrogens is 368 g/mol. The van der Waals surface area contributed by atoms with Gasteiger partial charge in [-0.15, -0.1) is 0 Å². The van der Waals surface area contributed by atoms with Crippen LogP contribution >= 0.6 is 15.9 Å². The van der Waals surface area contributed by atoms with Crippen LogP contribution < -0.4 is 0 Å². The quantitative estimate of drug-likeness (QED) is 0.655. The van der Waals surface area contributed by atoms with Crippen molar-refractivity contribution in [2.75, 3.05) is 7.05 Å². The molecule has 0 radical (unpaired) electrons. The summed E-state index contributed by atoms with van der Waals surface area (Å²) in [6.45, 7) is 2.30. The second-order valence-electron chi connectivity index (χ2n) is 5.62. The van der Waals surface area contributed by atoms with Crippen LogP contribution in [0.15, 0.2) is 63.6 Å². The third-order valence-electron chi connectivity index (χ3n) is 3.69. The smallest absolute Gasteiger partial charge is 0.255 e. The van der Waals surface area contributed by atoms with Crippen LogP contribution in [0.5, 0.6) is 0 Å². The van der Waals surface area contributed by atoms with E-state index >= 15 is 0 Å². The maximum atomic E-state index is 12.4. The van der Waals surface area contributed by atoms with Gasteiger partial charge in [0.1, 0.15) is 11.5 Å². The summed E-state index contributed by atoms with van der Waals surface area (Å²) in [6, 6.07) is 15.4. The number of halogens is 1. The molecule has 0 atom stereocenters. The highest BCUT2D eigenvalue weighted by molar-refractivity contribution is 9.10. The molecule has 1 aromatic carbocycles. The van der Waals surface area contributed by atoms with E-state index in [9.17, 15) is 4.79 Å². The van der Waals surface area contributed by atoms with Crippen molar-refractivity contribution >= 4 is 21.8 Å². The van der Waals surface area contributed by atoms with E-state index in [4.69, 9.17) is 4.42 Å². The number of carbonyl (C=O) groups is 1. The molecule has 1 amide bonds. The van der Waals surface area contributed by atoms with Crippen molar-refractivity contribution in [1.29, 1.82) is 0 Å². The largest absolute Gasteiger partial charge is 0.459 e. The predicted octanol–water partition coefficient (Wildman–Crippen LogP) is 4.68. The zero-order valence-corrected chi connectivity index (χ0v) is 15.1. The van der Waals surface area contributed by atoms with Gasteiger partial charge in [-0.05, 0) is 43.3 Å². The van der Waals surface area contributed by atoms with Crippen LogP contribution in [0.25, 0.3) is 11.3 Å². The zero-order valence-electron chi connectivity index (χ0n) is 13.5. The van der Waals surface area contributed by atoms with Crippen LogP contribution in [0.1, 0.15) is 21.8 Å². The molecule has 0 aliphatic heterocycles. The number of aryl methyl sites for hydroxylation is 1. The van der Waals surface area contributed by atoms with E-state index in [0.717, 1.165) is 27.3 Å². The molecule has 0 unspecified atom stereocenters. The van der Waals surface area contributed by atoms with Crippen LogP contribution in [-0.4, -0.2) is 22.8 Å². The number of pyridine rings is 1. The third-order valence-corrected chi connectivity index (χ3v) is 4.22. The van der Waals surface area contributed by atoms with Crippen molar-refractivity contribution in [1.82, 2.24) is 9.88 Å². The Bertz CT molecular complexity index is 839. The zero-order chi connectivity index (χ0) is 17.1. The average molecular weight is 385 g/mol. The maximum absolute atomic E-state index is 12.4. The Morgan fingerprint density at radius 1 is 1.12 bits per heavy atom. The number of furan rings is 1. The lowest BCUT2D eigenvalue weighted by Gasteiger charge is -2.15.